The molecule has 19 heavy (non-hydrogen) atoms. The standard InChI is InChI=1S/C14H11Cl3FN/c1-8-2-3-9(18)6-13(8)19-7-10-11(15)4-5-12(16)14(10)17/h2-6,19H,7H2,1H3. The van der Waals surface area contributed by atoms with Gasteiger partial charge in [0.15, 0.2) is 0 Å². The van der Waals surface area contributed by atoms with Crippen molar-refractivity contribution in [2.75, 3.05) is 5.32 Å². The van der Waals surface area contributed by atoms with Gasteiger partial charge in [-0.1, -0.05) is 40.9 Å². The van der Waals surface area contributed by atoms with Crippen LogP contribution in [0.5, 0.6) is 0 Å². The van der Waals surface area contributed by atoms with Gasteiger partial charge in [-0.05, 0) is 36.8 Å². The molecule has 0 radical (unpaired) electrons. The highest BCUT2D eigenvalue weighted by atomic mass is 35.5. The van der Waals surface area contributed by atoms with Crippen LogP contribution >= 0.6 is 34.8 Å². The normalized spacial score (nSPS) is 10.6. The van der Waals surface area contributed by atoms with Gasteiger partial charge in [-0.15, -0.1) is 0 Å². The van der Waals surface area contributed by atoms with Crippen molar-refractivity contribution in [3.8, 4) is 0 Å². The molecule has 0 aliphatic rings. The minimum atomic E-state index is -0.295. The molecule has 2 aromatic rings. The second-order valence-corrected chi connectivity index (χ2v) is 5.33. The van der Waals surface area contributed by atoms with Crippen LogP contribution in [0.25, 0.3) is 0 Å². The van der Waals surface area contributed by atoms with Gasteiger partial charge in [0, 0.05) is 22.8 Å². The fourth-order valence-corrected chi connectivity index (χ4v) is 2.38. The number of hydrogen-bond donors (Lipinski definition) is 1. The summed E-state index contributed by atoms with van der Waals surface area (Å²) in [6.07, 6.45) is 0. The lowest BCUT2D eigenvalue weighted by atomic mass is 10.1. The molecule has 0 fully saturated rings. The van der Waals surface area contributed by atoms with Crippen LogP contribution in [0.1, 0.15) is 11.1 Å². The maximum Gasteiger partial charge on any atom is 0.125 e. The Morgan fingerprint density at radius 2 is 1.74 bits per heavy atom. The van der Waals surface area contributed by atoms with Gasteiger partial charge in [-0.2, -0.15) is 0 Å². The Morgan fingerprint density at radius 3 is 2.47 bits per heavy atom. The molecule has 1 N–H and O–H groups in total. The minimum absolute atomic E-state index is 0.295. The summed E-state index contributed by atoms with van der Waals surface area (Å²) in [5.74, 6) is -0.295. The molecule has 5 heteroatoms. The van der Waals surface area contributed by atoms with Crippen LogP contribution in [0.15, 0.2) is 30.3 Å². The predicted molar refractivity (Wildman–Crippen MR) is 79.9 cm³/mol. The first-order valence-corrected chi connectivity index (χ1v) is 6.75. The van der Waals surface area contributed by atoms with Gasteiger partial charge in [-0.3, -0.25) is 0 Å². The van der Waals surface area contributed by atoms with Crippen LogP contribution < -0.4 is 5.32 Å². The van der Waals surface area contributed by atoms with Crippen molar-refractivity contribution in [1.29, 1.82) is 0 Å². The number of rotatable bonds is 3. The second-order valence-electron chi connectivity index (χ2n) is 4.13. The summed E-state index contributed by atoms with van der Waals surface area (Å²) in [7, 11) is 0. The summed E-state index contributed by atoms with van der Waals surface area (Å²) < 4.78 is 13.2. The Bertz CT molecular complexity index is 614. The molecule has 0 atom stereocenters. The van der Waals surface area contributed by atoms with E-state index in [1.54, 1.807) is 18.2 Å². The quantitative estimate of drug-likeness (QED) is 0.715. The highest BCUT2D eigenvalue weighted by molar-refractivity contribution is 6.44. The van der Waals surface area contributed by atoms with Crippen LogP contribution in [0, 0.1) is 12.7 Å². The van der Waals surface area contributed by atoms with Gasteiger partial charge < -0.3 is 5.32 Å². The van der Waals surface area contributed by atoms with Crippen LogP contribution in [0.2, 0.25) is 15.1 Å². The average Bonchev–Trinajstić information content (AvgIpc) is 2.38. The van der Waals surface area contributed by atoms with Crippen LogP contribution in [0.4, 0.5) is 10.1 Å². The Morgan fingerprint density at radius 1 is 1.05 bits per heavy atom. The number of benzene rings is 2. The third-order valence-electron chi connectivity index (χ3n) is 2.79. The van der Waals surface area contributed by atoms with Crippen molar-refractivity contribution in [2.45, 2.75) is 13.5 Å². The molecule has 0 heterocycles. The van der Waals surface area contributed by atoms with E-state index in [-0.39, 0.29) is 5.82 Å². The zero-order chi connectivity index (χ0) is 14.0. The first-order valence-electron chi connectivity index (χ1n) is 5.61. The Labute approximate surface area is 126 Å². The molecule has 0 saturated heterocycles. The van der Waals surface area contributed by atoms with E-state index in [1.165, 1.54) is 12.1 Å². The smallest absolute Gasteiger partial charge is 0.125 e. The largest absolute Gasteiger partial charge is 0.381 e. The monoisotopic (exact) mass is 317 g/mol. The molecule has 0 spiro atoms. The molecule has 2 rings (SSSR count). The highest BCUT2D eigenvalue weighted by Gasteiger charge is 2.10. The maximum absolute atomic E-state index is 13.2. The average molecular weight is 319 g/mol. The molecule has 2 aromatic carbocycles. The molecule has 1 nitrogen and oxygen atoms in total. The molecule has 0 aliphatic heterocycles. The SMILES string of the molecule is Cc1ccc(F)cc1NCc1c(Cl)ccc(Cl)c1Cl. The summed E-state index contributed by atoms with van der Waals surface area (Å²) in [6, 6.07) is 7.88. The maximum atomic E-state index is 13.2. The van der Waals surface area contributed by atoms with Crippen molar-refractivity contribution in [3.05, 3.63) is 62.3 Å². The Kier molecular flexibility index (Phi) is 4.56. The van der Waals surface area contributed by atoms with Crippen molar-refractivity contribution in [2.24, 2.45) is 0 Å². The van der Waals surface area contributed by atoms with E-state index >= 15 is 0 Å². The molecule has 0 bridgehead atoms. The van der Waals surface area contributed by atoms with Crippen LogP contribution in [-0.2, 0) is 6.54 Å². The van der Waals surface area contributed by atoms with Crippen molar-refractivity contribution in [3.63, 3.8) is 0 Å². The van der Waals surface area contributed by atoms with Crippen molar-refractivity contribution < 1.29 is 4.39 Å². The Balaban J connectivity index is 2.24. The summed E-state index contributed by atoms with van der Waals surface area (Å²) in [5.41, 5.74) is 2.34. The van der Waals surface area contributed by atoms with E-state index in [9.17, 15) is 4.39 Å². The molecule has 0 saturated carbocycles. The fourth-order valence-electron chi connectivity index (χ4n) is 1.70. The number of hydrogen-bond acceptors (Lipinski definition) is 1. The van der Waals surface area contributed by atoms with Gasteiger partial charge in [0.05, 0.1) is 10.0 Å². The molecular formula is C14H11Cl3FN. The third kappa shape index (κ3) is 3.33. The predicted octanol–water partition coefficient (Wildman–Crippen LogP) is 5.71. The van der Waals surface area contributed by atoms with Gasteiger partial charge in [0.25, 0.3) is 0 Å². The number of aryl methyl sites for hydroxylation is 1. The first kappa shape index (κ1) is 14.4. The van der Waals surface area contributed by atoms with Gasteiger partial charge in [0.1, 0.15) is 5.82 Å². The van der Waals surface area contributed by atoms with E-state index in [0.717, 1.165) is 5.56 Å². The minimum Gasteiger partial charge on any atom is -0.381 e. The second kappa shape index (κ2) is 6.00. The molecule has 0 aromatic heterocycles. The molecule has 0 amide bonds. The van der Waals surface area contributed by atoms with Crippen molar-refractivity contribution in [1.82, 2.24) is 0 Å². The summed E-state index contributed by atoms with van der Waals surface area (Å²) >= 11 is 18.1. The number of halogens is 4. The Hall–Kier alpha value is -0.960. The summed E-state index contributed by atoms with van der Waals surface area (Å²) in [4.78, 5) is 0. The molecular weight excluding hydrogens is 308 g/mol. The molecule has 100 valence electrons. The topological polar surface area (TPSA) is 12.0 Å². The summed E-state index contributed by atoms with van der Waals surface area (Å²) in [6.45, 7) is 2.27. The first-order chi connectivity index (χ1) is 8.99. The zero-order valence-corrected chi connectivity index (χ0v) is 12.4. The highest BCUT2D eigenvalue weighted by Crippen LogP contribution is 2.32. The third-order valence-corrected chi connectivity index (χ3v) is 3.99. The molecule has 0 unspecified atom stereocenters. The van der Waals surface area contributed by atoms with E-state index in [1.807, 2.05) is 6.92 Å². The van der Waals surface area contributed by atoms with E-state index in [2.05, 4.69) is 5.32 Å². The van der Waals surface area contributed by atoms with Gasteiger partial charge in [-0.25, -0.2) is 4.39 Å². The lowest BCUT2D eigenvalue weighted by molar-refractivity contribution is 0.628. The van der Waals surface area contributed by atoms with Gasteiger partial charge in [0.2, 0.25) is 0 Å². The zero-order valence-electron chi connectivity index (χ0n) is 10.1. The fraction of sp³-hybridized carbons (Fsp3) is 0.143. The van der Waals surface area contributed by atoms with Crippen molar-refractivity contribution >= 4 is 40.5 Å². The number of nitrogens with one attached hydrogen (secondary N) is 1. The lowest BCUT2D eigenvalue weighted by Crippen LogP contribution is -2.03. The van der Waals surface area contributed by atoms with Crippen LogP contribution in [0.3, 0.4) is 0 Å². The van der Waals surface area contributed by atoms with E-state index in [0.29, 0.717) is 32.9 Å². The number of anilines is 1. The molecule has 0 aliphatic carbocycles. The van der Waals surface area contributed by atoms with Crippen LogP contribution in [-0.4, -0.2) is 0 Å². The lowest BCUT2D eigenvalue weighted by Gasteiger charge is -2.12. The summed E-state index contributed by atoms with van der Waals surface area (Å²) in [5, 5.41) is 4.49. The van der Waals surface area contributed by atoms with E-state index in [4.69, 9.17) is 34.8 Å². The van der Waals surface area contributed by atoms with Gasteiger partial charge >= 0.3 is 0 Å². The van der Waals surface area contributed by atoms with E-state index < -0.39 is 0 Å².